The van der Waals surface area contributed by atoms with Gasteiger partial charge in [0.25, 0.3) is 0 Å². The highest BCUT2D eigenvalue weighted by molar-refractivity contribution is 5.79. The molecule has 0 spiro atoms. The van der Waals surface area contributed by atoms with Crippen LogP contribution in [-0.4, -0.2) is 74.0 Å². The van der Waals surface area contributed by atoms with Crippen LogP contribution < -0.4 is 14.8 Å². The van der Waals surface area contributed by atoms with Gasteiger partial charge in [-0.2, -0.15) is 5.10 Å². The number of guanidine groups is 1. The minimum Gasteiger partial charge on any atom is -0.497 e. The van der Waals surface area contributed by atoms with E-state index in [0.29, 0.717) is 13.1 Å². The predicted molar refractivity (Wildman–Crippen MR) is 117 cm³/mol. The number of aliphatic imine (C=N–C) groups is 1. The summed E-state index contributed by atoms with van der Waals surface area (Å²) >= 11 is 0. The van der Waals surface area contributed by atoms with E-state index >= 15 is 0 Å². The summed E-state index contributed by atoms with van der Waals surface area (Å²) in [6.07, 6.45) is 3.94. The number of aryl methyl sites for hydroxylation is 1. The lowest BCUT2D eigenvalue weighted by Crippen LogP contribution is -2.39. The van der Waals surface area contributed by atoms with E-state index in [2.05, 4.69) is 41.2 Å². The number of ether oxygens (including phenoxy) is 2. The van der Waals surface area contributed by atoms with Crippen LogP contribution in [0, 0.1) is 0 Å². The van der Waals surface area contributed by atoms with Crippen molar-refractivity contribution in [2.24, 2.45) is 12.0 Å². The number of nitrogens with one attached hydrogen (secondary N) is 1. The van der Waals surface area contributed by atoms with Crippen LogP contribution in [0.4, 0.5) is 0 Å². The maximum atomic E-state index is 5.54. The van der Waals surface area contributed by atoms with Crippen molar-refractivity contribution in [3.63, 3.8) is 0 Å². The van der Waals surface area contributed by atoms with Crippen molar-refractivity contribution >= 4 is 5.96 Å². The van der Waals surface area contributed by atoms with Gasteiger partial charge in [-0.25, -0.2) is 0 Å². The molecule has 29 heavy (non-hydrogen) atoms. The van der Waals surface area contributed by atoms with E-state index in [9.17, 15) is 0 Å². The molecule has 1 atom stereocenters. The fourth-order valence-electron chi connectivity index (χ4n) is 3.13. The van der Waals surface area contributed by atoms with Crippen molar-refractivity contribution < 1.29 is 9.47 Å². The summed E-state index contributed by atoms with van der Waals surface area (Å²) in [4.78, 5) is 9.16. The monoisotopic (exact) mass is 402 g/mol. The van der Waals surface area contributed by atoms with E-state index in [1.165, 1.54) is 0 Å². The highest BCUT2D eigenvalue weighted by atomic mass is 16.5. The molecule has 0 aliphatic heterocycles. The predicted octanol–water partition coefficient (Wildman–Crippen LogP) is 2.14. The first-order valence-corrected chi connectivity index (χ1v) is 9.74. The third-order valence-electron chi connectivity index (χ3n) is 4.75. The molecular formula is C21H34N6O2. The summed E-state index contributed by atoms with van der Waals surface area (Å²) in [7, 11) is 11.4. The Morgan fingerprint density at radius 1 is 1.24 bits per heavy atom. The number of aromatic nitrogens is 2. The Labute approximate surface area is 174 Å². The van der Waals surface area contributed by atoms with Crippen molar-refractivity contribution in [3.8, 4) is 11.5 Å². The average Bonchev–Trinajstić information content (AvgIpc) is 3.13. The van der Waals surface area contributed by atoms with Crippen LogP contribution >= 0.6 is 0 Å². The van der Waals surface area contributed by atoms with Crippen LogP contribution in [0.3, 0.4) is 0 Å². The summed E-state index contributed by atoms with van der Waals surface area (Å²) < 4.78 is 12.7. The van der Waals surface area contributed by atoms with Crippen LogP contribution in [0.5, 0.6) is 11.5 Å². The number of methoxy groups -OCH3 is 2. The van der Waals surface area contributed by atoms with E-state index in [0.717, 1.165) is 35.1 Å². The highest BCUT2D eigenvalue weighted by Gasteiger charge is 2.17. The zero-order valence-corrected chi connectivity index (χ0v) is 18.6. The van der Waals surface area contributed by atoms with Gasteiger partial charge >= 0.3 is 0 Å². The average molecular weight is 403 g/mol. The molecule has 0 radical (unpaired) electrons. The first-order chi connectivity index (χ1) is 13.9. The van der Waals surface area contributed by atoms with Gasteiger partial charge in [0, 0.05) is 50.6 Å². The molecule has 0 amide bonds. The Bertz CT molecular complexity index is 802. The largest absolute Gasteiger partial charge is 0.497 e. The maximum absolute atomic E-state index is 5.54. The molecule has 0 bridgehead atoms. The molecule has 8 nitrogen and oxygen atoms in total. The van der Waals surface area contributed by atoms with Crippen molar-refractivity contribution in [2.75, 3.05) is 48.5 Å². The zero-order chi connectivity index (χ0) is 21.4. The maximum Gasteiger partial charge on any atom is 0.194 e. The number of nitrogens with zero attached hydrogens (tertiary/aromatic N) is 5. The second-order valence-electron chi connectivity index (χ2n) is 7.16. The lowest BCUT2D eigenvalue weighted by Gasteiger charge is -2.26. The number of likely N-dealkylation sites (N-methyl/N-ethyl adjacent to an activating group) is 1. The normalized spacial score (nSPS) is 12.8. The minimum atomic E-state index is 0.154. The molecule has 1 aromatic carbocycles. The third kappa shape index (κ3) is 6.12. The Morgan fingerprint density at radius 2 is 2.00 bits per heavy atom. The Kier molecular flexibility index (Phi) is 8.33. The molecule has 0 saturated carbocycles. The standard InChI is InChI=1S/C21H34N6O2/c1-8-22-21(23-13-19(25(2)3)17-12-24-27(5)15-17)26(4)14-16-9-10-18(28-6)11-20(16)29-7/h9-12,15,19H,8,13-14H2,1-7H3,(H,22,23). The molecule has 8 heteroatoms. The lowest BCUT2D eigenvalue weighted by atomic mass is 10.1. The molecule has 1 heterocycles. The number of benzene rings is 1. The van der Waals surface area contributed by atoms with Gasteiger partial charge in [-0.05, 0) is 33.2 Å². The first-order valence-electron chi connectivity index (χ1n) is 9.74. The Morgan fingerprint density at radius 3 is 2.55 bits per heavy atom. The number of hydrogen-bond acceptors (Lipinski definition) is 5. The third-order valence-corrected chi connectivity index (χ3v) is 4.75. The number of hydrogen-bond donors (Lipinski definition) is 1. The summed E-state index contributed by atoms with van der Waals surface area (Å²) in [5.74, 6) is 2.42. The molecule has 1 aromatic heterocycles. The van der Waals surface area contributed by atoms with Crippen LogP contribution in [0.1, 0.15) is 24.1 Å². The number of rotatable bonds is 9. The molecule has 1 unspecified atom stereocenters. The van der Waals surface area contributed by atoms with Crippen LogP contribution in [-0.2, 0) is 13.6 Å². The van der Waals surface area contributed by atoms with Gasteiger partial charge < -0.3 is 24.6 Å². The van der Waals surface area contributed by atoms with Crippen LogP contribution in [0.15, 0.2) is 35.6 Å². The SMILES string of the molecule is CCNC(=NCC(c1cnn(C)c1)N(C)C)N(C)Cc1ccc(OC)cc1OC. The zero-order valence-electron chi connectivity index (χ0n) is 18.6. The second kappa shape index (κ2) is 10.7. The minimum absolute atomic E-state index is 0.154. The van der Waals surface area contributed by atoms with E-state index < -0.39 is 0 Å². The molecule has 160 valence electrons. The van der Waals surface area contributed by atoms with Crippen molar-refractivity contribution in [1.29, 1.82) is 0 Å². The Balaban J connectivity index is 2.18. The van der Waals surface area contributed by atoms with E-state index in [-0.39, 0.29) is 6.04 Å². The molecule has 1 N–H and O–H groups in total. The van der Waals surface area contributed by atoms with Gasteiger partial charge in [0.05, 0.1) is 33.0 Å². The summed E-state index contributed by atoms with van der Waals surface area (Å²) in [6.45, 7) is 4.16. The smallest absolute Gasteiger partial charge is 0.194 e. The second-order valence-corrected chi connectivity index (χ2v) is 7.16. The summed E-state index contributed by atoms with van der Waals surface area (Å²) in [6, 6.07) is 6.02. The first kappa shape index (κ1) is 22.5. The molecular weight excluding hydrogens is 368 g/mol. The Hall–Kier alpha value is -2.74. The van der Waals surface area contributed by atoms with Gasteiger partial charge in [0.1, 0.15) is 11.5 Å². The molecule has 0 fully saturated rings. The van der Waals surface area contributed by atoms with E-state index in [1.54, 1.807) is 14.2 Å². The van der Waals surface area contributed by atoms with Crippen molar-refractivity contribution in [3.05, 3.63) is 41.7 Å². The van der Waals surface area contributed by atoms with Gasteiger partial charge in [-0.3, -0.25) is 9.67 Å². The van der Waals surface area contributed by atoms with Crippen LogP contribution in [0.25, 0.3) is 0 Å². The van der Waals surface area contributed by atoms with Gasteiger partial charge in [-0.1, -0.05) is 0 Å². The van der Waals surface area contributed by atoms with Gasteiger partial charge in [0.15, 0.2) is 5.96 Å². The van der Waals surface area contributed by atoms with Crippen LogP contribution in [0.2, 0.25) is 0 Å². The van der Waals surface area contributed by atoms with Crippen molar-refractivity contribution in [2.45, 2.75) is 19.5 Å². The molecule has 0 saturated heterocycles. The van der Waals surface area contributed by atoms with E-state index in [4.69, 9.17) is 14.5 Å². The topological polar surface area (TPSA) is 67.2 Å². The molecule has 2 rings (SSSR count). The van der Waals surface area contributed by atoms with Gasteiger partial charge in [0.2, 0.25) is 0 Å². The highest BCUT2D eigenvalue weighted by Crippen LogP contribution is 2.25. The fourth-order valence-corrected chi connectivity index (χ4v) is 3.13. The van der Waals surface area contributed by atoms with Crippen molar-refractivity contribution in [1.82, 2.24) is 24.9 Å². The fraction of sp³-hybridized carbons (Fsp3) is 0.524. The quantitative estimate of drug-likeness (QED) is 0.512. The molecule has 2 aromatic rings. The molecule has 0 aliphatic carbocycles. The lowest BCUT2D eigenvalue weighted by molar-refractivity contribution is 0.305. The molecule has 0 aliphatic rings. The van der Waals surface area contributed by atoms with Gasteiger partial charge in [-0.15, -0.1) is 0 Å². The summed E-state index contributed by atoms with van der Waals surface area (Å²) in [5.41, 5.74) is 2.22. The summed E-state index contributed by atoms with van der Waals surface area (Å²) in [5, 5.41) is 7.68. The van der Waals surface area contributed by atoms with E-state index in [1.807, 2.05) is 49.4 Å².